The first kappa shape index (κ1) is 15.3. The minimum absolute atomic E-state index is 0.0641. The monoisotopic (exact) mass is 324 g/mol. The molecule has 3 heterocycles. The molecule has 6 heteroatoms. The largest absolute Gasteiger partial charge is 0.351 e. The van der Waals surface area contributed by atoms with Crippen LogP contribution in [0.4, 0.5) is 5.82 Å². The quantitative estimate of drug-likeness (QED) is 0.641. The van der Waals surface area contributed by atoms with Crippen molar-refractivity contribution in [3.8, 4) is 0 Å². The van der Waals surface area contributed by atoms with Gasteiger partial charge in [-0.2, -0.15) is 0 Å². The number of hydrogen-bond acceptors (Lipinski definition) is 4. The normalized spacial score (nSPS) is 18.1. The lowest BCUT2D eigenvalue weighted by Gasteiger charge is -2.12. The van der Waals surface area contributed by atoms with Gasteiger partial charge in [-0.05, 0) is 42.1 Å². The Kier molecular flexibility index (Phi) is 4.43. The maximum absolute atomic E-state index is 12.6. The summed E-state index contributed by atoms with van der Waals surface area (Å²) in [5.74, 6) is 0.516. The minimum atomic E-state index is -0.0641. The summed E-state index contributed by atoms with van der Waals surface area (Å²) in [6.07, 6.45) is 7.20. The van der Waals surface area contributed by atoms with Crippen molar-refractivity contribution in [3.63, 3.8) is 0 Å². The van der Waals surface area contributed by atoms with Gasteiger partial charge in [-0.25, -0.2) is 9.98 Å². The number of carbonyl (C=O) groups excluding carboxylic acids is 1. The molecule has 116 valence electrons. The van der Waals surface area contributed by atoms with Crippen LogP contribution in [0.1, 0.15) is 5.69 Å². The summed E-state index contributed by atoms with van der Waals surface area (Å²) in [5, 5.41) is 0.619. The number of aryl methyl sites for hydroxylation is 1. The maximum atomic E-state index is 12.6. The van der Waals surface area contributed by atoms with Crippen molar-refractivity contribution in [1.29, 1.82) is 0 Å². The molecule has 0 radical (unpaired) electrons. The number of carbonyl (C=O) groups is 1. The van der Waals surface area contributed by atoms with Gasteiger partial charge in [0.15, 0.2) is 11.0 Å². The van der Waals surface area contributed by atoms with Crippen LogP contribution in [0, 0.1) is 0 Å². The van der Waals surface area contributed by atoms with Gasteiger partial charge in [-0.15, -0.1) is 6.58 Å². The Hall–Kier alpha value is -2.60. The van der Waals surface area contributed by atoms with Crippen molar-refractivity contribution >= 4 is 34.7 Å². The molecule has 3 rings (SSSR count). The summed E-state index contributed by atoms with van der Waals surface area (Å²) in [5.41, 5.74) is 0.971. The van der Waals surface area contributed by atoms with E-state index in [0.29, 0.717) is 22.4 Å². The van der Waals surface area contributed by atoms with E-state index in [1.165, 1.54) is 11.8 Å². The Balaban J connectivity index is 1.96. The Morgan fingerprint density at radius 3 is 2.87 bits per heavy atom. The van der Waals surface area contributed by atoms with Crippen LogP contribution in [-0.2, 0) is 11.8 Å². The van der Waals surface area contributed by atoms with Crippen LogP contribution in [0.25, 0.3) is 6.08 Å². The SMILES string of the molecule is C=CCN1C(=O)/C(=C\c2cccn2C)S/C1=N/c1ccccn1. The number of nitrogens with zero attached hydrogens (tertiary/aromatic N) is 4. The average molecular weight is 324 g/mol. The molecular formula is C17H16N4OS. The number of amidine groups is 1. The molecule has 1 amide bonds. The fraction of sp³-hybridized carbons (Fsp3) is 0.118. The van der Waals surface area contributed by atoms with Gasteiger partial charge in [-0.3, -0.25) is 9.69 Å². The van der Waals surface area contributed by atoms with E-state index in [-0.39, 0.29) is 5.91 Å². The highest BCUT2D eigenvalue weighted by molar-refractivity contribution is 8.18. The van der Waals surface area contributed by atoms with Crippen LogP contribution < -0.4 is 0 Å². The molecule has 5 nitrogen and oxygen atoms in total. The van der Waals surface area contributed by atoms with Crippen LogP contribution in [0.2, 0.25) is 0 Å². The van der Waals surface area contributed by atoms with E-state index in [2.05, 4.69) is 16.6 Å². The molecule has 0 atom stereocenters. The highest BCUT2D eigenvalue weighted by Crippen LogP contribution is 2.33. The third kappa shape index (κ3) is 3.27. The van der Waals surface area contributed by atoms with Gasteiger partial charge in [0.25, 0.3) is 5.91 Å². The minimum Gasteiger partial charge on any atom is -0.351 e. The van der Waals surface area contributed by atoms with E-state index in [1.807, 2.05) is 54.2 Å². The van der Waals surface area contributed by atoms with Crippen molar-refractivity contribution < 1.29 is 4.79 Å². The first-order valence-corrected chi connectivity index (χ1v) is 7.94. The summed E-state index contributed by atoms with van der Waals surface area (Å²) in [4.78, 5) is 23.5. The zero-order valence-electron chi connectivity index (χ0n) is 12.7. The lowest BCUT2D eigenvalue weighted by Crippen LogP contribution is -2.29. The van der Waals surface area contributed by atoms with Gasteiger partial charge in [0.1, 0.15) is 0 Å². The van der Waals surface area contributed by atoms with Gasteiger partial charge in [0, 0.05) is 31.7 Å². The van der Waals surface area contributed by atoms with E-state index >= 15 is 0 Å². The first-order chi connectivity index (χ1) is 11.2. The van der Waals surface area contributed by atoms with Crippen molar-refractivity contribution in [1.82, 2.24) is 14.5 Å². The predicted octanol–water partition coefficient (Wildman–Crippen LogP) is 3.21. The third-order valence-corrected chi connectivity index (χ3v) is 4.33. The van der Waals surface area contributed by atoms with E-state index in [9.17, 15) is 4.79 Å². The van der Waals surface area contributed by atoms with Crippen LogP contribution in [0.15, 0.2) is 65.3 Å². The van der Waals surface area contributed by atoms with Crippen molar-refractivity contribution in [2.24, 2.45) is 12.0 Å². The van der Waals surface area contributed by atoms with Gasteiger partial charge in [-0.1, -0.05) is 12.1 Å². The Morgan fingerprint density at radius 1 is 1.35 bits per heavy atom. The lowest BCUT2D eigenvalue weighted by atomic mass is 10.3. The molecule has 1 saturated heterocycles. The number of aliphatic imine (C=N–C) groups is 1. The molecule has 1 aliphatic rings. The first-order valence-electron chi connectivity index (χ1n) is 7.12. The Labute approximate surface area is 139 Å². The molecule has 1 fully saturated rings. The molecule has 0 unspecified atom stereocenters. The average Bonchev–Trinajstić information content (AvgIpc) is 3.08. The number of pyridine rings is 1. The van der Waals surface area contributed by atoms with E-state index < -0.39 is 0 Å². The molecule has 0 aromatic carbocycles. The second-order valence-electron chi connectivity index (χ2n) is 4.94. The second kappa shape index (κ2) is 6.66. The highest BCUT2D eigenvalue weighted by atomic mass is 32.2. The summed E-state index contributed by atoms with van der Waals surface area (Å²) < 4.78 is 1.96. The summed E-state index contributed by atoms with van der Waals surface area (Å²) >= 11 is 1.35. The standard InChI is InChI=1S/C17H16N4OS/c1-3-10-21-16(22)14(12-13-7-6-11-20(13)2)23-17(21)19-15-8-4-5-9-18-15/h3-9,11-12H,1,10H2,2H3/b14-12+,19-17+. The molecule has 0 saturated carbocycles. The fourth-order valence-electron chi connectivity index (χ4n) is 2.16. The number of amides is 1. The number of hydrogen-bond donors (Lipinski definition) is 0. The zero-order valence-corrected chi connectivity index (χ0v) is 13.5. The lowest BCUT2D eigenvalue weighted by molar-refractivity contribution is -0.121. The Morgan fingerprint density at radius 2 is 2.22 bits per heavy atom. The molecule has 0 aliphatic carbocycles. The highest BCUT2D eigenvalue weighted by Gasteiger charge is 2.32. The van der Waals surface area contributed by atoms with E-state index in [0.717, 1.165) is 5.69 Å². The molecular weight excluding hydrogens is 308 g/mol. The molecule has 0 N–H and O–H groups in total. The van der Waals surface area contributed by atoms with E-state index in [1.54, 1.807) is 17.2 Å². The molecule has 1 aliphatic heterocycles. The van der Waals surface area contributed by atoms with Gasteiger partial charge in [0.05, 0.1) is 4.91 Å². The van der Waals surface area contributed by atoms with Crippen molar-refractivity contribution in [2.45, 2.75) is 0 Å². The van der Waals surface area contributed by atoms with Crippen molar-refractivity contribution in [3.05, 3.63) is 66.0 Å². The Bertz CT molecular complexity index is 792. The number of thioether (sulfide) groups is 1. The predicted molar refractivity (Wildman–Crippen MR) is 94.2 cm³/mol. The smallest absolute Gasteiger partial charge is 0.267 e. The number of aromatic nitrogens is 2. The summed E-state index contributed by atoms with van der Waals surface area (Å²) in [6, 6.07) is 9.42. The zero-order chi connectivity index (χ0) is 16.2. The summed E-state index contributed by atoms with van der Waals surface area (Å²) in [7, 11) is 1.95. The molecule has 2 aromatic heterocycles. The number of rotatable bonds is 4. The second-order valence-corrected chi connectivity index (χ2v) is 5.95. The van der Waals surface area contributed by atoms with E-state index in [4.69, 9.17) is 0 Å². The van der Waals surface area contributed by atoms with Gasteiger partial charge in [0.2, 0.25) is 0 Å². The van der Waals surface area contributed by atoms with Crippen LogP contribution in [0.3, 0.4) is 0 Å². The molecule has 23 heavy (non-hydrogen) atoms. The van der Waals surface area contributed by atoms with Crippen LogP contribution >= 0.6 is 11.8 Å². The van der Waals surface area contributed by atoms with Crippen LogP contribution in [0.5, 0.6) is 0 Å². The molecule has 2 aromatic rings. The maximum Gasteiger partial charge on any atom is 0.267 e. The fourth-order valence-corrected chi connectivity index (χ4v) is 3.14. The van der Waals surface area contributed by atoms with Crippen molar-refractivity contribution in [2.75, 3.05) is 6.54 Å². The van der Waals surface area contributed by atoms with Gasteiger partial charge >= 0.3 is 0 Å². The van der Waals surface area contributed by atoms with Gasteiger partial charge < -0.3 is 4.57 Å². The topological polar surface area (TPSA) is 50.5 Å². The summed E-state index contributed by atoms with van der Waals surface area (Å²) in [6.45, 7) is 4.14. The van der Waals surface area contributed by atoms with Crippen LogP contribution in [-0.4, -0.2) is 32.1 Å². The molecule has 0 spiro atoms. The molecule has 0 bridgehead atoms. The third-order valence-electron chi connectivity index (χ3n) is 3.32.